The molecule has 0 atom stereocenters. The van der Waals surface area contributed by atoms with Gasteiger partial charge in [-0.15, -0.1) is 0 Å². The Morgan fingerprint density at radius 1 is 1.42 bits per heavy atom. The monoisotopic (exact) mass is 273 g/mol. The summed E-state index contributed by atoms with van der Waals surface area (Å²) in [6.45, 7) is -2.93. The smallest absolute Gasteiger partial charge is 0.387 e. The fourth-order valence-electron chi connectivity index (χ4n) is 1.39. The Labute approximate surface area is 108 Å². The molecule has 0 aliphatic heterocycles. The molecule has 0 heterocycles. The lowest BCUT2D eigenvalue weighted by molar-refractivity contribution is -0.137. The molecule has 0 aromatic heterocycles. The van der Waals surface area contributed by atoms with E-state index in [9.17, 15) is 18.4 Å². The molecule has 0 fully saturated rings. The van der Waals surface area contributed by atoms with Gasteiger partial charge in [-0.3, -0.25) is 9.59 Å². The first-order chi connectivity index (χ1) is 8.90. The fourth-order valence-corrected chi connectivity index (χ4v) is 1.39. The number of amides is 1. The molecule has 0 bridgehead atoms. The summed E-state index contributed by atoms with van der Waals surface area (Å²) in [5.41, 5.74) is 0.158. The SMILES string of the molecule is CN(CCC(=O)O)C(=O)c1cccc(OC(F)F)c1. The molecule has 19 heavy (non-hydrogen) atoms. The predicted molar refractivity (Wildman–Crippen MR) is 62.3 cm³/mol. The van der Waals surface area contributed by atoms with Gasteiger partial charge in [-0.05, 0) is 18.2 Å². The quantitative estimate of drug-likeness (QED) is 0.858. The summed E-state index contributed by atoms with van der Waals surface area (Å²) in [4.78, 5) is 23.5. The summed E-state index contributed by atoms with van der Waals surface area (Å²) in [6.07, 6.45) is -0.185. The standard InChI is InChI=1S/C12H13F2NO4/c1-15(6-5-10(16)17)11(18)8-3-2-4-9(7-8)19-12(13)14/h2-4,7,12H,5-6H2,1H3,(H,16,17). The van der Waals surface area contributed by atoms with Crippen molar-refractivity contribution in [3.8, 4) is 5.75 Å². The average molecular weight is 273 g/mol. The average Bonchev–Trinajstić information content (AvgIpc) is 2.34. The number of halogens is 2. The molecule has 1 aromatic carbocycles. The number of nitrogens with zero attached hydrogens (tertiary/aromatic N) is 1. The molecule has 1 aromatic rings. The molecule has 5 nitrogen and oxygen atoms in total. The number of carboxylic acid groups (broad SMARTS) is 1. The van der Waals surface area contributed by atoms with Crippen LogP contribution in [0.1, 0.15) is 16.8 Å². The minimum Gasteiger partial charge on any atom is -0.481 e. The second-order valence-electron chi connectivity index (χ2n) is 3.78. The number of hydrogen-bond donors (Lipinski definition) is 1. The normalized spacial score (nSPS) is 10.3. The second kappa shape index (κ2) is 6.67. The highest BCUT2D eigenvalue weighted by atomic mass is 19.3. The van der Waals surface area contributed by atoms with Crippen LogP contribution >= 0.6 is 0 Å². The largest absolute Gasteiger partial charge is 0.481 e. The number of benzene rings is 1. The van der Waals surface area contributed by atoms with Crippen LogP contribution in [0.5, 0.6) is 5.75 Å². The van der Waals surface area contributed by atoms with Crippen molar-refractivity contribution in [2.75, 3.05) is 13.6 Å². The van der Waals surface area contributed by atoms with Gasteiger partial charge in [0, 0.05) is 19.2 Å². The van der Waals surface area contributed by atoms with Gasteiger partial charge in [0.15, 0.2) is 0 Å². The number of alkyl halides is 2. The highest BCUT2D eigenvalue weighted by Gasteiger charge is 2.14. The number of rotatable bonds is 6. The Kier molecular flexibility index (Phi) is 5.23. The molecule has 0 saturated carbocycles. The molecule has 1 rings (SSSR count). The van der Waals surface area contributed by atoms with Crippen molar-refractivity contribution >= 4 is 11.9 Å². The van der Waals surface area contributed by atoms with Crippen molar-refractivity contribution in [2.45, 2.75) is 13.0 Å². The van der Waals surface area contributed by atoms with Crippen LogP contribution in [0.15, 0.2) is 24.3 Å². The van der Waals surface area contributed by atoms with Crippen LogP contribution in [-0.2, 0) is 4.79 Å². The Morgan fingerprint density at radius 2 is 2.11 bits per heavy atom. The first-order valence-electron chi connectivity index (χ1n) is 5.42. The van der Waals surface area contributed by atoms with Crippen LogP contribution in [0.25, 0.3) is 0 Å². The van der Waals surface area contributed by atoms with E-state index >= 15 is 0 Å². The summed E-state index contributed by atoms with van der Waals surface area (Å²) < 4.78 is 28.3. The third-order valence-corrected chi connectivity index (χ3v) is 2.31. The fraction of sp³-hybridized carbons (Fsp3) is 0.333. The van der Waals surface area contributed by atoms with Crippen molar-refractivity contribution in [3.05, 3.63) is 29.8 Å². The highest BCUT2D eigenvalue weighted by molar-refractivity contribution is 5.94. The van der Waals surface area contributed by atoms with E-state index in [0.29, 0.717) is 0 Å². The Morgan fingerprint density at radius 3 is 2.68 bits per heavy atom. The van der Waals surface area contributed by atoms with E-state index in [1.165, 1.54) is 36.2 Å². The highest BCUT2D eigenvalue weighted by Crippen LogP contribution is 2.17. The van der Waals surface area contributed by atoms with Crippen LogP contribution in [-0.4, -0.2) is 42.1 Å². The number of carbonyl (C=O) groups is 2. The van der Waals surface area contributed by atoms with E-state index in [0.717, 1.165) is 0 Å². The number of aliphatic carboxylic acids is 1. The lowest BCUT2D eigenvalue weighted by Gasteiger charge is -2.16. The first-order valence-corrected chi connectivity index (χ1v) is 5.42. The number of ether oxygens (including phenoxy) is 1. The molecule has 1 N–H and O–H groups in total. The number of carbonyl (C=O) groups excluding carboxylic acids is 1. The maximum Gasteiger partial charge on any atom is 0.387 e. The van der Waals surface area contributed by atoms with Crippen molar-refractivity contribution in [1.82, 2.24) is 4.90 Å². The van der Waals surface area contributed by atoms with Gasteiger partial charge in [0.25, 0.3) is 5.91 Å². The van der Waals surface area contributed by atoms with Crippen LogP contribution in [0, 0.1) is 0 Å². The molecule has 0 aliphatic carbocycles. The Balaban J connectivity index is 2.73. The van der Waals surface area contributed by atoms with E-state index in [4.69, 9.17) is 5.11 Å². The van der Waals surface area contributed by atoms with Gasteiger partial charge in [-0.25, -0.2) is 0 Å². The molecule has 0 spiro atoms. The molecular formula is C12H13F2NO4. The van der Waals surface area contributed by atoms with Gasteiger partial charge >= 0.3 is 12.6 Å². The molecule has 104 valence electrons. The summed E-state index contributed by atoms with van der Waals surface area (Å²) in [6, 6.07) is 5.35. The van der Waals surface area contributed by atoms with Gasteiger partial charge in [0.05, 0.1) is 6.42 Å². The second-order valence-corrected chi connectivity index (χ2v) is 3.78. The van der Waals surface area contributed by atoms with E-state index in [1.54, 1.807) is 0 Å². The molecule has 0 saturated heterocycles. The summed E-state index contributed by atoms with van der Waals surface area (Å²) in [5.74, 6) is -1.59. The summed E-state index contributed by atoms with van der Waals surface area (Å²) in [5, 5.41) is 8.52. The minimum atomic E-state index is -2.96. The molecule has 1 amide bonds. The minimum absolute atomic E-state index is 0.0358. The van der Waals surface area contributed by atoms with Crippen LogP contribution in [0.4, 0.5) is 8.78 Å². The van der Waals surface area contributed by atoms with Gasteiger partial charge < -0.3 is 14.7 Å². The topological polar surface area (TPSA) is 66.8 Å². The number of carboxylic acids is 1. The zero-order valence-electron chi connectivity index (χ0n) is 10.2. The predicted octanol–water partition coefficient (Wildman–Crippen LogP) is 1.83. The number of hydrogen-bond acceptors (Lipinski definition) is 3. The lowest BCUT2D eigenvalue weighted by Crippen LogP contribution is -2.29. The summed E-state index contributed by atoms with van der Waals surface area (Å²) in [7, 11) is 1.44. The van der Waals surface area contributed by atoms with Crippen LogP contribution < -0.4 is 4.74 Å². The van der Waals surface area contributed by atoms with E-state index in [-0.39, 0.29) is 24.3 Å². The van der Waals surface area contributed by atoms with E-state index in [2.05, 4.69) is 4.74 Å². The van der Waals surface area contributed by atoms with Gasteiger partial charge in [-0.2, -0.15) is 8.78 Å². The molecule has 0 unspecified atom stereocenters. The first kappa shape index (κ1) is 14.9. The molecule has 7 heteroatoms. The van der Waals surface area contributed by atoms with Gasteiger partial charge in [-0.1, -0.05) is 6.07 Å². The third-order valence-electron chi connectivity index (χ3n) is 2.31. The van der Waals surface area contributed by atoms with Gasteiger partial charge in [0.2, 0.25) is 0 Å². The zero-order chi connectivity index (χ0) is 14.4. The van der Waals surface area contributed by atoms with Crippen molar-refractivity contribution in [3.63, 3.8) is 0 Å². The van der Waals surface area contributed by atoms with Crippen molar-refractivity contribution in [2.24, 2.45) is 0 Å². The van der Waals surface area contributed by atoms with E-state index in [1.807, 2.05) is 0 Å². The maximum atomic E-state index is 12.0. The Bertz CT molecular complexity index is 465. The maximum absolute atomic E-state index is 12.0. The van der Waals surface area contributed by atoms with Crippen molar-refractivity contribution < 1.29 is 28.2 Å². The lowest BCUT2D eigenvalue weighted by atomic mass is 10.2. The van der Waals surface area contributed by atoms with Crippen LogP contribution in [0.3, 0.4) is 0 Å². The van der Waals surface area contributed by atoms with Crippen LogP contribution in [0.2, 0.25) is 0 Å². The molecule has 0 aliphatic rings. The van der Waals surface area contributed by atoms with Gasteiger partial charge in [0.1, 0.15) is 5.75 Å². The third kappa shape index (κ3) is 4.90. The molecular weight excluding hydrogens is 260 g/mol. The Hall–Kier alpha value is -2.18. The van der Waals surface area contributed by atoms with Crippen molar-refractivity contribution in [1.29, 1.82) is 0 Å². The summed E-state index contributed by atoms with van der Waals surface area (Å²) >= 11 is 0. The van der Waals surface area contributed by atoms with E-state index < -0.39 is 18.5 Å². The zero-order valence-corrected chi connectivity index (χ0v) is 10.2. The molecule has 0 radical (unpaired) electrons.